The fraction of sp³-hybridized carbons (Fsp3) is 0.474. The third kappa shape index (κ3) is 10.4. The maximum Gasteiger partial charge on any atom is 0.407 e. The number of halogens is 1. The molecule has 0 saturated heterocycles. The van der Waals surface area contributed by atoms with E-state index >= 15 is 0 Å². The van der Waals surface area contributed by atoms with Gasteiger partial charge in [0, 0.05) is 18.8 Å². The molecule has 0 aliphatic carbocycles. The molecule has 2 rings (SSSR count). The quantitative estimate of drug-likeness (QED) is 0.451. The van der Waals surface area contributed by atoms with Crippen LogP contribution in [-0.4, -0.2) is 48.2 Å². The van der Waals surface area contributed by atoms with Gasteiger partial charge in [-0.3, -0.25) is 0 Å². The van der Waals surface area contributed by atoms with Gasteiger partial charge in [0.15, 0.2) is 0 Å². The summed E-state index contributed by atoms with van der Waals surface area (Å²) in [6.45, 7) is 6.05. The second-order valence-electron chi connectivity index (χ2n) is 7.69. The van der Waals surface area contributed by atoms with E-state index in [1.165, 1.54) is 6.33 Å². The number of carbonyl (C=O) groups is 1. The van der Waals surface area contributed by atoms with Crippen molar-refractivity contribution in [3.05, 3.63) is 41.4 Å². The number of hydrogen-bond donors (Lipinski definition) is 3. The Labute approximate surface area is 187 Å². The van der Waals surface area contributed by atoms with Crippen molar-refractivity contribution < 1.29 is 17.9 Å². The third-order valence-corrected chi connectivity index (χ3v) is 5.22. The van der Waals surface area contributed by atoms with E-state index in [4.69, 9.17) is 16.3 Å². The van der Waals surface area contributed by atoms with Crippen molar-refractivity contribution in [3.63, 3.8) is 0 Å². The average molecular weight is 471 g/mol. The summed E-state index contributed by atoms with van der Waals surface area (Å²) in [5, 5.41) is 5.65. The van der Waals surface area contributed by atoms with E-state index in [1.54, 1.807) is 45.0 Å². The molecule has 12 heteroatoms. The van der Waals surface area contributed by atoms with Crippen LogP contribution in [0.4, 0.5) is 16.4 Å². The van der Waals surface area contributed by atoms with Crippen LogP contribution < -0.4 is 15.4 Å². The van der Waals surface area contributed by atoms with E-state index in [9.17, 15) is 13.2 Å². The minimum atomic E-state index is -3.51. The molecule has 10 nitrogen and oxygen atoms in total. The number of alkyl carbamates (subject to hydrolysis) is 1. The first-order valence-electron chi connectivity index (χ1n) is 9.67. The topological polar surface area (TPSA) is 135 Å². The summed E-state index contributed by atoms with van der Waals surface area (Å²) in [5.41, 5.74) is 0.678. The van der Waals surface area contributed by atoms with Crippen LogP contribution in [0.15, 0.2) is 30.6 Å². The molecule has 170 valence electrons. The first kappa shape index (κ1) is 24.8. The standard InChI is InChI=1S/C19H27ClN6O4S/c1-19(2,3)30-18(27)21-9-4-5-10-24-31(28,29)12-14-7-6-8-15(11-14)25-17-23-13-22-16(20)26-17/h6-8,11,13,24H,4-5,9-10,12H2,1-3H3,(H,21,27)(H,22,23,25,26). The predicted molar refractivity (Wildman–Crippen MR) is 119 cm³/mol. The Balaban J connectivity index is 1.75. The molecule has 1 amide bonds. The predicted octanol–water partition coefficient (Wildman–Crippen LogP) is 2.99. The molecular formula is C19H27ClN6O4S. The van der Waals surface area contributed by atoms with E-state index in [2.05, 4.69) is 30.3 Å². The Morgan fingerprint density at radius 3 is 2.61 bits per heavy atom. The Morgan fingerprint density at radius 2 is 1.90 bits per heavy atom. The average Bonchev–Trinajstić information content (AvgIpc) is 2.63. The van der Waals surface area contributed by atoms with Gasteiger partial charge in [0.05, 0.1) is 5.75 Å². The molecule has 0 radical (unpaired) electrons. The number of aromatic nitrogens is 3. The van der Waals surface area contributed by atoms with Crippen molar-refractivity contribution in [1.82, 2.24) is 25.0 Å². The number of sulfonamides is 1. The Morgan fingerprint density at radius 1 is 1.16 bits per heavy atom. The maximum atomic E-state index is 12.3. The Hall–Kier alpha value is -2.50. The van der Waals surface area contributed by atoms with E-state index in [1.807, 2.05) is 0 Å². The van der Waals surface area contributed by atoms with E-state index in [0.717, 1.165) is 0 Å². The summed E-state index contributed by atoms with van der Waals surface area (Å²) >= 11 is 5.73. The summed E-state index contributed by atoms with van der Waals surface area (Å²) < 4.78 is 32.4. The molecule has 2 aromatic rings. The highest BCUT2D eigenvalue weighted by atomic mass is 35.5. The summed E-state index contributed by atoms with van der Waals surface area (Å²) in [7, 11) is -3.51. The molecule has 1 aromatic carbocycles. The lowest BCUT2D eigenvalue weighted by Crippen LogP contribution is -2.33. The van der Waals surface area contributed by atoms with Gasteiger partial charge < -0.3 is 15.4 Å². The summed E-state index contributed by atoms with van der Waals surface area (Å²) in [4.78, 5) is 23.1. The van der Waals surface area contributed by atoms with Gasteiger partial charge in [-0.1, -0.05) is 12.1 Å². The molecule has 0 fully saturated rings. The largest absolute Gasteiger partial charge is 0.444 e. The number of unbranched alkanes of at least 4 members (excludes halogenated alkanes) is 1. The lowest BCUT2D eigenvalue weighted by molar-refractivity contribution is 0.0527. The second kappa shape index (κ2) is 11.2. The molecule has 0 aliphatic rings. The van der Waals surface area contributed by atoms with Crippen LogP contribution in [0.3, 0.4) is 0 Å². The van der Waals surface area contributed by atoms with Crippen molar-refractivity contribution >= 4 is 39.4 Å². The lowest BCUT2D eigenvalue weighted by atomic mass is 10.2. The van der Waals surface area contributed by atoms with Gasteiger partial charge in [0.25, 0.3) is 0 Å². The maximum absolute atomic E-state index is 12.3. The normalized spacial score (nSPS) is 11.7. The Kier molecular flexibility index (Phi) is 8.96. The van der Waals surface area contributed by atoms with Crippen LogP contribution >= 0.6 is 11.6 Å². The molecule has 0 atom stereocenters. The molecule has 1 heterocycles. The zero-order valence-electron chi connectivity index (χ0n) is 17.7. The van der Waals surface area contributed by atoms with Crippen LogP contribution in [0, 0.1) is 0 Å². The zero-order valence-corrected chi connectivity index (χ0v) is 19.3. The molecule has 0 spiro atoms. The lowest BCUT2D eigenvalue weighted by Gasteiger charge is -2.19. The number of amides is 1. The van der Waals surface area contributed by atoms with Crippen LogP contribution in [0.25, 0.3) is 0 Å². The SMILES string of the molecule is CC(C)(C)OC(=O)NCCCCNS(=O)(=O)Cc1cccc(Nc2ncnc(Cl)n2)c1. The highest BCUT2D eigenvalue weighted by Crippen LogP contribution is 2.16. The molecule has 0 saturated carbocycles. The molecule has 1 aromatic heterocycles. The molecule has 0 bridgehead atoms. The molecule has 0 unspecified atom stereocenters. The highest BCUT2D eigenvalue weighted by Gasteiger charge is 2.15. The highest BCUT2D eigenvalue weighted by molar-refractivity contribution is 7.88. The second-order valence-corrected chi connectivity index (χ2v) is 9.84. The first-order valence-corrected chi connectivity index (χ1v) is 11.7. The smallest absolute Gasteiger partial charge is 0.407 e. The van der Waals surface area contributed by atoms with E-state index in [0.29, 0.717) is 30.6 Å². The minimum absolute atomic E-state index is 0.0572. The van der Waals surface area contributed by atoms with Gasteiger partial charge in [0.2, 0.25) is 21.3 Å². The number of anilines is 2. The number of rotatable bonds is 10. The van der Waals surface area contributed by atoms with Crippen LogP contribution in [0.2, 0.25) is 5.28 Å². The van der Waals surface area contributed by atoms with E-state index in [-0.39, 0.29) is 23.5 Å². The number of hydrogen-bond acceptors (Lipinski definition) is 8. The monoisotopic (exact) mass is 470 g/mol. The number of nitrogens with zero attached hydrogens (tertiary/aromatic N) is 3. The van der Waals surface area contributed by atoms with Crippen molar-refractivity contribution in [2.24, 2.45) is 0 Å². The van der Waals surface area contributed by atoms with Crippen LogP contribution in [-0.2, 0) is 20.5 Å². The molecule has 3 N–H and O–H groups in total. The first-order chi connectivity index (χ1) is 14.5. The van der Waals surface area contributed by atoms with Gasteiger partial charge >= 0.3 is 6.09 Å². The summed E-state index contributed by atoms with van der Waals surface area (Å²) in [6.07, 6.45) is 1.99. The fourth-order valence-corrected chi connectivity index (χ4v) is 3.76. The Bertz CT molecular complexity index is 981. The van der Waals surface area contributed by atoms with Gasteiger partial charge in [-0.2, -0.15) is 4.98 Å². The molecule has 0 aliphatic heterocycles. The number of benzene rings is 1. The van der Waals surface area contributed by atoms with E-state index < -0.39 is 21.7 Å². The number of carbonyl (C=O) groups excluding carboxylic acids is 1. The van der Waals surface area contributed by atoms with Gasteiger partial charge in [-0.15, -0.1) is 0 Å². The van der Waals surface area contributed by atoms with Crippen molar-refractivity contribution in [2.75, 3.05) is 18.4 Å². The van der Waals surface area contributed by atoms with Gasteiger partial charge in [-0.05, 0) is 62.9 Å². The van der Waals surface area contributed by atoms with Crippen molar-refractivity contribution in [1.29, 1.82) is 0 Å². The van der Waals surface area contributed by atoms with Gasteiger partial charge in [0.1, 0.15) is 11.9 Å². The summed E-state index contributed by atoms with van der Waals surface area (Å²) in [5.74, 6) is 0.0921. The number of nitrogens with one attached hydrogen (secondary N) is 3. The van der Waals surface area contributed by atoms with Gasteiger partial charge in [-0.25, -0.2) is 27.9 Å². The minimum Gasteiger partial charge on any atom is -0.444 e. The summed E-state index contributed by atoms with van der Waals surface area (Å²) in [6, 6.07) is 6.91. The third-order valence-electron chi connectivity index (χ3n) is 3.68. The van der Waals surface area contributed by atoms with Crippen molar-refractivity contribution in [2.45, 2.75) is 45.0 Å². The van der Waals surface area contributed by atoms with Crippen LogP contribution in [0.1, 0.15) is 39.2 Å². The number of ether oxygens (including phenoxy) is 1. The zero-order chi connectivity index (χ0) is 22.9. The van der Waals surface area contributed by atoms with Crippen LogP contribution in [0.5, 0.6) is 0 Å². The fourth-order valence-electron chi connectivity index (χ4n) is 2.46. The molecule has 31 heavy (non-hydrogen) atoms. The van der Waals surface area contributed by atoms with Crippen molar-refractivity contribution in [3.8, 4) is 0 Å². The molecular weight excluding hydrogens is 444 g/mol.